The number of benzene rings is 1. The van der Waals surface area contributed by atoms with Gasteiger partial charge in [0.2, 0.25) is 0 Å². The molecule has 0 saturated carbocycles. The molecule has 0 fully saturated rings. The quantitative estimate of drug-likeness (QED) is 0.784. The molecule has 0 spiro atoms. The third kappa shape index (κ3) is 5.31. The first kappa shape index (κ1) is 14.2. The lowest BCUT2D eigenvalue weighted by molar-refractivity contribution is -0.00368. The Morgan fingerprint density at radius 1 is 1.24 bits per heavy atom. The van der Waals surface area contributed by atoms with Crippen LogP contribution in [-0.4, -0.2) is 43.9 Å². The molecule has 1 N–H and O–H groups in total. The van der Waals surface area contributed by atoms with Gasteiger partial charge in [-0.2, -0.15) is 0 Å². The Hall–Kier alpha value is -0.900. The Kier molecular flexibility index (Phi) is 5.62. The van der Waals surface area contributed by atoms with E-state index < -0.39 is 0 Å². The number of aliphatic hydroxyl groups excluding tert-OH is 1. The molecule has 3 heteroatoms. The minimum atomic E-state index is -0.196. The van der Waals surface area contributed by atoms with Crippen LogP contribution < -0.4 is 0 Å². The number of aliphatic hydroxyl groups is 1. The van der Waals surface area contributed by atoms with Crippen LogP contribution in [0.1, 0.15) is 12.5 Å². The summed E-state index contributed by atoms with van der Waals surface area (Å²) in [6, 6.07) is 10.1. The summed E-state index contributed by atoms with van der Waals surface area (Å²) in [5.41, 5.74) is 0.968. The van der Waals surface area contributed by atoms with Gasteiger partial charge in [-0.25, -0.2) is 0 Å². The normalized spacial score (nSPS) is 14.9. The fourth-order valence-electron chi connectivity index (χ4n) is 1.89. The van der Waals surface area contributed by atoms with Gasteiger partial charge in [-0.1, -0.05) is 37.3 Å². The van der Waals surface area contributed by atoms with Crippen molar-refractivity contribution in [3.8, 4) is 0 Å². The fraction of sp³-hybridized carbons (Fsp3) is 0.571. The molecule has 0 amide bonds. The molecule has 0 aliphatic heterocycles. The van der Waals surface area contributed by atoms with Crippen LogP contribution in [0, 0.1) is 5.41 Å². The van der Waals surface area contributed by atoms with E-state index >= 15 is 0 Å². The molecule has 1 unspecified atom stereocenters. The number of hydrogen-bond donors (Lipinski definition) is 1. The third-order valence-electron chi connectivity index (χ3n) is 2.64. The monoisotopic (exact) mass is 237 g/mol. The van der Waals surface area contributed by atoms with Crippen LogP contribution in [0.3, 0.4) is 0 Å². The minimum Gasteiger partial charge on any atom is -0.396 e. The molecule has 0 heterocycles. The van der Waals surface area contributed by atoms with Crippen molar-refractivity contribution in [2.45, 2.75) is 13.5 Å². The molecule has 3 nitrogen and oxygen atoms in total. The fourth-order valence-corrected chi connectivity index (χ4v) is 1.89. The molecule has 0 aliphatic carbocycles. The van der Waals surface area contributed by atoms with E-state index in [0.29, 0.717) is 13.2 Å². The van der Waals surface area contributed by atoms with Gasteiger partial charge in [0, 0.05) is 12.0 Å². The van der Waals surface area contributed by atoms with Crippen molar-refractivity contribution in [3.05, 3.63) is 35.9 Å². The number of nitrogens with zero attached hydrogens (tertiary/aromatic N) is 1. The number of rotatable bonds is 7. The van der Waals surface area contributed by atoms with Crippen LogP contribution in [0.15, 0.2) is 30.3 Å². The molecule has 1 aromatic rings. The lowest BCUT2D eigenvalue weighted by Crippen LogP contribution is -2.38. The SMILES string of the molecule is CN(C)CC(C)(CO)COCc1ccccc1. The molecule has 0 aliphatic rings. The van der Waals surface area contributed by atoms with Gasteiger partial charge in [0.25, 0.3) is 0 Å². The van der Waals surface area contributed by atoms with Crippen molar-refractivity contribution in [2.75, 3.05) is 33.9 Å². The highest BCUT2D eigenvalue weighted by Gasteiger charge is 2.24. The van der Waals surface area contributed by atoms with Gasteiger partial charge in [0.05, 0.1) is 19.8 Å². The molecule has 0 aromatic heterocycles. The first-order chi connectivity index (χ1) is 8.06. The van der Waals surface area contributed by atoms with E-state index in [1.54, 1.807) is 0 Å². The van der Waals surface area contributed by atoms with Crippen LogP contribution in [0.25, 0.3) is 0 Å². The molecule has 96 valence electrons. The van der Waals surface area contributed by atoms with E-state index in [9.17, 15) is 5.11 Å². The van der Waals surface area contributed by atoms with Gasteiger partial charge in [-0.05, 0) is 19.7 Å². The van der Waals surface area contributed by atoms with E-state index in [2.05, 4.69) is 4.90 Å². The van der Waals surface area contributed by atoms with Crippen molar-refractivity contribution in [1.29, 1.82) is 0 Å². The molecule has 17 heavy (non-hydrogen) atoms. The summed E-state index contributed by atoms with van der Waals surface area (Å²) in [5, 5.41) is 9.42. The van der Waals surface area contributed by atoms with Crippen LogP contribution in [0.2, 0.25) is 0 Å². The summed E-state index contributed by atoms with van der Waals surface area (Å²) in [4.78, 5) is 2.07. The number of hydrogen-bond acceptors (Lipinski definition) is 3. The minimum absolute atomic E-state index is 0.139. The van der Waals surface area contributed by atoms with Crippen molar-refractivity contribution in [1.82, 2.24) is 4.90 Å². The van der Waals surface area contributed by atoms with Gasteiger partial charge >= 0.3 is 0 Å². The van der Waals surface area contributed by atoms with Gasteiger partial charge in [-0.15, -0.1) is 0 Å². The maximum atomic E-state index is 9.42. The summed E-state index contributed by atoms with van der Waals surface area (Å²) in [6.07, 6.45) is 0. The van der Waals surface area contributed by atoms with E-state index in [0.717, 1.165) is 12.1 Å². The summed E-state index contributed by atoms with van der Waals surface area (Å²) in [6.45, 7) is 4.16. The molecular formula is C14H23NO2. The third-order valence-corrected chi connectivity index (χ3v) is 2.64. The topological polar surface area (TPSA) is 32.7 Å². The molecule has 1 aromatic carbocycles. The Bertz CT molecular complexity index is 313. The maximum absolute atomic E-state index is 9.42. The Morgan fingerprint density at radius 3 is 2.41 bits per heavy atom. The molecule has 0 bridgehead atoms. The van der Waals surface area contributed by atoms with Crippen LogP contribution in [-0.2, 0) is 11.3 Å². The summed E-state index contributed by atoms with van der Waals surface area (Å²) in [7, 11) is 4.01. The summed E-state index contributed by atoms with van der Waals surface area (Å²) >= 11 is 0. The van der Waals surface area contributed by atoms with E-state index in [-0.39, 0.29) is 12.0 Å². The highest BCUT2D eigenvalue weighted by atomic mass is 16.5. The largest absolute Gasteiger partial charge is 0.396 e. The zero-order valence-corrected chi connectivity index (χ0v) is 11.0. The van der Waals surface area contributed by atoms with Crippen molar-refractivity contribution in [2.24, 2.45) is 5.41 Å². The Balaban J connectivity index is 2.38. The maximum Gasteiger partial charge on any atom is 0.0717 e. The van der Waals surface area contributed by atoms with E-state index in [1.165, 1.54) is 0 Å². The molecule has 0 radical (unpaired) electrons. The van der Waals surface area contributed by atoms with Crippen molar-refractivity contribution in [3.63, 3.8) is 0 Å². The lowest BCUT2D eigenvalue weighted by Gasteiger charge is -2.30. The smallest absolute Gasteiger partial charge is 0.0717 e. The standard InChI is InChI=1S/C14H23NO2/c1-14(11-16,10-15(2)3)12-17-9-13-7-5-4-6-8-13/h4-8,16H,9-12H2,1-3H3. The molecule has 1 atom stereocenters. The molecule has 1 rings (SSSR count). The predicted octanol–water partition coefficient (Wildman–Crippen LogP) is 1.76. The van der Waals surface area contributed by atoms with Crippen molar-refractivity contribution < 1.29 is 9.84 Å². The Labute approximate surface area is 104 Å². The van der Waals surface area contributed by atoms with Crippen LogP contribution in [0.4, 0.5) is 0 Å². The summed E-state index contributed by atoms with van der Waals surface area (Å²) < 4.78 is 5.69. The molecular weight excluding hydrogens is 214 g/mol. The van der Waals surface area contributed by atoms with Gasteiger partial charge < -0.3 is 14.7 Å². The highest BCUT2D eigenvalue weighted by Crippen LogP contribution is 2.17. The highest BCUT2D eigenvalue weighted by molar-refractivity contribution is 5.13. The lowest BCUT2D eigenvalue weighted by atomic mass is 9.92. The van der Waals surface area contributed by atoms with Gasteiger partial charge in [-0.3, -0.25) is 0 Å². The summed E-state index contributed by atoms with van der Waals surface area (Å²) in [5.74, 6) is 0. The van der Waals surface area contributed by atoms with Crippen LogP contribution >= 0.6 is 0 Å². The second-order valence-corrected chi connectivity index (χ2v) is 5.18. The second kappa shape index (κ2) is 6.74. The van der Waals surface area contributed by atoms with Gasteiger partial charge in [0.15, 0.2) is 0 Å². The van der Waals surface area contributed by atoms with Crippen LogP contribution in [0.5, 0.6) is 0 Å². The number of ether oxygens (including phenoxy) is 1. The average Bonchev–Trinajstić information content (AvgIpc) is 2.29. The molecule has 0 saturated heterocycles. The van der Waals surface area contributed by atoms with E-state index in [1.807, 2.05) is 51.4 Å². The average molecular weight is 237 g/mol. The first-order valence-electron chi connectivity index (χ1n) is 5.93. The predicted molar refractivity (Wildman–Crippen MR) is 69.8 cm³/mol. The van der Waals surface area contributed by atoms with Gasteiger partial charge in [0.1, 0.15) is 0 Å². The van der Waals surface area contributed by atoms with Crippen molar-refractivity contribution >= 4 is 0 Å². The zero-order chi connectivity index (χ0) is 12.7. The second-order valence-electron chi connectivity index (χ2n) is 5.18. The first-order valence-corrected chi connectivity index (χ1v) is 5.93. The van der Waals surface area contributed by atoms with E-state index in [4.69, 9.17) is 4.74 Å². The zero-order valence-electron chi connectivity index (χ0n) is 11.0. The Morgan fingerprint density at radius 2 is 1.88 bits per heavy atom.